The summed E-state index contributed by atoms with van der Waals surface area (Å²) in [6.07, 6.45) is -4.42. The zero-order valence-corrected chi connectivity index (χ0v) is 12.9. The molecule has 1 aromatic carbocycles. The first-order valence-electron chi connectivity index (χ1n) is 7.22. The van der Waals surface area contributed by atoms with Crippen LogP contribution in [0, 0.1) is 0 Å². The Balaban J connectivity index is 2.28. The number of methoxy groups -OCH3 is 1. The topological polar surface area (TPSA) is 80.6 Å². The molecule has 0 fully saturated rings. The number of aromatic carboxylic acids is 1. The van der Waals surface area contributed by atoms with Crippen LogP contribution in [0.15, 0.2) is 30.5 Å². The summed E-state index contributed by atoms with van der Waals surface area (Å²) in [5.41, 5.74) is -0.736. The van der Waals surface area contributed by atoms with Gasteiger partial charge in [-0.2, -0.15) is 13.2 Å². The average molecular weight is 354 g/mol. The molecule has 0 spiro atoms. The quantitative estimate of drug-likeness (QED) is 0.887. The van der Waals surface area contributed by atoms with Crippen LogP contribution in [0.3, 0.4) is 0 Å². The van der Waals surface area contributed by atoms with Gasteiger partial charge < -0.3 is 19.7 Å². The molecular weight excluding hydrogens is 341 g/mol. The standard InChI is InChI=1S/C16H13F3N2O4/c1-25-9-4-2-3-8(5-9)21-7-10(15(23)24)13-14(21)11(16(17,18)19)6-12(22)20-13/h2-5,7,11H,6H2,1H3,(H,20,22)(H,23,24)/t11-/m0/s1. The van der Waals surface area contributed by atoms with E-state index >= 15 is 0 Å². The fourth-order valence-electron chi connectivity index (χ4n) is 2.87. The highest BCUT2D eigenvalue weighted by Crippen LogP contribution is 2.46. The molecule has 3 rings (SSSR count). The minimum atomic E-state index is -4.70. The maximum absolute atomic E-state index is 13.5. The lowest BCUT2D eigenvalue weighted by Gasteiger charge is -2.27. The third-order valence-electron chi connectivity index (χ3n) is 3.98. The third-order valence-corrected chi connectivity index (χ3v) is 3.98. The van der Waals surface area contributed by atoms with Crippen LogP contribution in [0.4, 0.5) is 18.9 Å². The van der Waals surface area contributed by atoms with Gasteiger partial charge in [-0.15, -0.1) is 0 Å². The van der Waals surface area contributed by atoms with Gasteiger partial charge in [-0.3, -0.25) is 4.79 Å². The van der Waals surface area contributed by atoms with E-state index in [0.29, 0.717) is 11.4 Å². The number of amides is 1. The van der Waals surface area contributed by atoms with Crippen LogP contribution in [-0.4, -0.2) is 34.8 Å². The molecule has 25 heavy (non-hydrogen) atoms. The number of nitrogens with zero attached hydrogens (tertiary/aromatic N) is 1. The number of hydrogen-bond acceptors (Lipinski definition) is 3. The number of anilines is 1. The van der Waals surface area contributed by atoms with Gasteiger partial charge in [0, 0.05) is 24.4 Å². The monoisotopic (exact) mass is 354 g/mol. The van der Waals surface area contributed by atoms with Crippen molar-refractivity contribution < 1.29 is 32.6 Å². The van der Waals surface area contributed by atoms with Gasteiger partial charge in [0.1, 0.15) is 17.2 Å². The van der Waals surface area contributed by atoms with Crippen molar-refractivity contribution in [2.75, 3.05) is 12.4 Å². The first-order valence-corrected chi connectivity index (χ1v) is 7.22. The van der Waals surface area contributed by atoms with Crippen molar-refractivity contribution in [2.45, 2.75) is 18.5 Å². The molecule has 0 saturated carbocycles. The molecule has 2 N–H and O–H groups in total. The van der Waals surface area contributed by atoms with Gasteiger partial charge in [0.05, 0.1) is 18.5 Å². The summed E-state index contributed by atoms with van der Waals surface area (Å²) < 4.78 is 46.6. The summed E-state index contributed by atoms with van der Waals surface area (Å²) in [4.78, 5) is 23.1. The number of halogens is 3. The maximum atomic E-state index is 13.5. The van der Waals surface area contributed by atoms with E-state index in [1.54, 1.807) is 12.1 Å². The fraction of sp³-hybridized carbons (Fsp3) is 0.250. The van der Waals surface area contributed by atoms with Crippen molar-refractivity contribution in [1.29, 1.82) is 0 Å². The lowest BCUT2D eigenvalue weighted by molar-refractivity contribution is -0.157. The number of carbonyl (C=O) groups excluding carboxylic acids is 1. The number of benzene rings is 1. The molecule has 9 heteroatoms. The SMILES string of the molecule is COc1cccc(-n2cc(C(=O)O)c3c2[C@@H](C(F)(F)F)CC(=O)N3)c1. The van der Waals surface area contributed by atoms with Crippen molar-refractivity contribution >= 4 is 17.6 Å². The Morgan fingerprint density at radius 3 is 2.72 bits per heavy atom. The second-order valence-corrected chi connectivity index (χ2v) is 5.53. The second-order valence-electron chi connectivity index (χ2n) is 5.53. The minimum Gasteiger partial charge on any atom is -0.497 e. The number of carboxylic acid groups (broad SMARTS) is 1. The molecule has 1 aliphatic rings. The number of alkyl halides is 3. The second kappa shape index (κ2) is 5.83. The largest absolute Gasteiger partial charge is 0.497 e. The Kier molecular flexibility index (Phi) is 3.94. The lowest BCUT2D eigenvalue weighted by atomic mass is 9.94. The van der Waals surface area contributed by atoms with Gasteiger partial charge in [0.25, 0.3) is 0 Å². The van der Waals surface area contributed by atoms with Crippen molar-refractivity contribution in [3.8, 4) is 11.4 Å². The lowest BCUT2D eigenvalue weighted by Crippen LogP contribution is -2.33. The Bertz CT molecular complexity index is 858. The average Bonchev–Trinajstić information content (AvgIpc) is 2.92. The summed E-state index contributed by atoms with van der Waals surface area (Å²) in [6.45, 7) is 0. The number of ether oxygens (including phenoxy) is 1. The number of rotatable bonds is 3. The third kappa shape index (κ3) is 2.92. The summed E-state index contributed by atoms with van der Waals surface area (Å²) in [6, 6.07) is 6.19. The smallest absolute Gasteiger partial charge is 0.397 e. The molecule has 0 bridgehead atoms. The highest BCUT2D eigenvalue weighted by molar-refractivity contribution is 6.03. The molecule has 1 aliphatic heterocycles. The molecule has 2 aromatic rings. The van der Waals surface area contributed by atoms with E-state index in [1.165, 1.54) is 19.2 Å². The summed E-state index contributed by atoms with van der Waals surface area (Å²) in [5, 5.41) is 11.6. The molecule has 6 nitrogen and oxygen atoms in total. The maximum Gasteiger partial charge on any atom is 0.397 e. The van der Waals surface area contributed by atoms with E-state index in [9.17, 15) is 27.9 Å². The predicted molar refractivity (Wildman–Crippen MR) is 81.3 cm³/mol. The Morgan fingerprint density at radius 2 is 2.12 bits per heavy atom. The Hall–Kier alpha value is -2.97. The number of carboxylic acids is 1. The normalized spacial score (nSPS) is 17.0. The number of aromatic nitrogens is 1. The first kappa shape index (κ1) is 16.9. The van der Waals surface area contributed by atoms with E-state index in [-0.39, 0.29) is 11.4 Å². The van der Waals surface area contributed by atoms with Crippen LogP contribution in [0.1, 0.15) is 28.4 Å². The number of carbonyl (C=O) groups is 2. The van der Waals surface area contributed by atoms with Crippen molar-refractivity contribution in [1.82, 2.24) is 4.57 Å². The van der Waals surface area contributed by atoms with Crippen LogP contribution in [0.5, 0.6) is 5.75 Å². The van der Waals surface area contributed by atoms with Gasteiger partial charge in [-0.05, 0) is 12.1 Å². The Morgan fingerprint density at radius 1 is 1.40 bits per heavy atom. The molecular formula is C16H13F3N2O4. The van der Waals surface area contributed by atoms with Crippen LogP contribution in [0.25, 0.3) is 5.69 Å². The van der Waals surface area contributed by atoms with Gasteiger partial charge >= 0.3 is 12.1 Å². The summed E-state index contributed by atoms with van der Waals surface area (Å²) in [5.74, 6) is -4.00. The van der Waals surface area contributed by atoms with Gasteiger partial charge in [-0.25, -0.2) is 4.79 Å². The van der Waals surface area contributed by atoms with E-state index < -0.39 is 36.0 Å². The summed E-state index contributed by atoms with van der Waals surface area (Å²) in [7, 11) is 1.41. The molecule has 1 amide bonds. The highest BCUT2D eigenvalue weighted by atomic mass is 19.4. The fourth-order valence-corrected chi connectivity index (χ4v) is 2.87. The Labute approximate surface area is 139 Å². The van der Waals surface area contributed by atoms with Gasteiger partial charge in [0.2, 0.25) is 5.91 Å². The molecule has 1 atom stereocenters. The first-order chi connectivity index (χ1) is 11.7. The molecule has 0 radical (unpaired) electrons. The van der Waals surface area contributed by atoms with Crippen LogP contribution < -0.4 is 10.1 Å². The summed E-state index contributed by atoms with van der Waals surface area (Å²) >= 11 is 0. The van der Waals surface area contributed by atoms with E-state index in [2.05, 4.69) is 5.32 Å². The van der Waals surface area contributed by atoms with Crippen molar-refractivity contribution in [3.05, 3.63) is 41.7 Å². The molecule has 2 heterocycles. The van der Waals surface area contributed by atoms with Crippen molar-refractivity contribution in [2.24, 2.45) is 0 Å². The van der Waals surface area contributed by atoms with E-state index in [0.717, 1.165) is 10.8 Å². The predicted octanol–water partition coefficient (Wildman–Crippen LogP) is 3.17. The molecule has 0 saturated heterocycles. The van der Waals surface area contributed by atoms with E-state index in [1.807, 2.05) is 0 Å². The van der Waals surface area contributed by atoms with Crippen LogP contribution in [0.2, 0.25) is 0 Å². The number of fused-ring (bicyclic) bond motifs is 1. The van der Waals surface area contributed by atoms with Crippen LogP contribution in [-0.2, 0) is 4.79 Å². The number of nitrogens with one attached hydrogen (secondary N) is 1. The minimum absolute atomic E-state index is 0.300. The zero-order chi connectivity index (χ0) is 18.4. The molecule has 0 aliphatic carbocycles. The zero-order valence-electron chi connectivity index (χ0n) is 12.9. The number of hydrogen-bond donors (Lipinski definition) is 2. The van der Waals surface area contributed by atoms with Crippen LogP contribution >= 0.6 is 0 Å². The van der Waals surface area contributed by atoms with Gasteiger partial charge in [0.15, 0.2) is 0 Å². The highest BCUT2D eigenvalue weighted by Gasteiger charge is 2.48. The molecule has 1 aromatic heterocycles. The van der Waals surface area contributed by atoms with Gasteiger partial charge in [-0.1, -0.05) is 6.07 Å². The van der Waals surface area contributed by atoms with E-state index in [4.69, 9.17) is 4.74 Å². The van der Waals surface area contributed by atoms with Crippen molar-refractivity contribution in [3.63, 3.8) is 0 Å². The molecule has 132 valence electrons. The molecule has 0 unspecified atom stereocenters.